The second-order valence-electron chi connectivity index (χ2n) is 9.40. The van der Waals surface area contributed by atoms with Crippen molar-refractivity contribution in [2.75, 3.05) is 0 Å². The highest BCUT2D eigenvalue weighted by Crippen LogP contribution is 2.57. The van der Waals surface area contributed by atoms with Gasteiger partial charge in [-0.05, 0) is 90.6 Å². The summed E-state index contributed by atoms with van der Waals surface area (Å²) in [6.45, 7) is 1.94. The van der Waals surface area contributed by atoms with Gasteiger partial charge in [-0.3, -0.25) is 4.79 Å². The second-order valence-corrected chi connectivity index (χ2v) is 9.40. The molecule has 0 aromatic heterocycles. The average Bonchev–Trinajstić information content (AvgIpc) is 3.11. The molecule has 34 heavy (non-hydrogen) atoms. The lowest BCUT2D eigenvalue weighted by Crippen LogP contribution is -2.41. The van der Waals surface area contributed by atoms with Gasteiger partial charge < -0.3 is 9.84 Å². The molecule has 2 atom stereocenters. The third-order valence-corrected chi connectivity index (χ3v) is 7.68. The smallest absolute Gasteiger partial charge is 0.416 e. The summed E-state index contributed by atoms with van der Waals surface area (Å²) >= 11 is 0. The third kappa shape index (κ3) is 3.60. The summed E-state index contributed by atoms with van der Waals surface area (Å²) in [5, 5.41) is 13.9. The Kier molecular flexibility index (Phi) is 5.49. The van der Waals surface area contributed by atoms with Crippen LogP contribution in [-0.4, -0.2) is 10.9 Å². The molecule has 4 aliphatic carbocycles. The van der Waals surface area contributed by atoms with Gasteiger partial charge in [-0.2, -0.15) is 13.2 Å². The Morgan fingerprint density at radius 2 is 1.71 bits per heavy atom. The van der Waals surface area contributed by atoms with Gasteiger partial charge in [0.05, 0.1) is 11.1 Å². The number of hydrogen-bond donors (Lipinski definition) is 1. The van der Waals surface area contributed by atoms with Crippen molar-refractivity contribution in [3.05, 3.63) is 63.8 Å². The maximum atomic E-state index is 13.5. The van der Waals surface area contributed by atoms with E-state index in [0.29, 0.717) is 35.5 Å². The van der Waals surface area contributed by atoms with E-state index in [1.165, 1.54) is 0 Å². The number of Topliss-reactive ketones (excluding diaryl/α,β-unsaturated/α-hetero) is 1. The van der Waals surface area contributed by atoms with E-state index in [9.17, 15) is 28.0 Å². The number of aliphatic hydroxyl groups is 1. The highest BCUT2D eigenvalue weighted by atomic mass is 19.4. The van der Waals surface area contributed by atoms with Gasteiger partial charge in [-0.15, -0.1) is 4.91 Å². The molecule has 0 radical (unpaired) electrons. The molecule has 1 N–H and O–H groups in total. The molecule has 2 bridgehead atoms. The number of aryl methyl sites for hydroxylation is 1. The van der Waals surface area contributed by atoms with Crippen molar-refractivity contribution in [3.63, 3.8) is 0 Å². The normalized spacial score (nSPS) is 26.1. The Labute approximate surface area is 194 Å². The van der Waals surface area contributed by atoms with Crippen LogP contribution in [0.4, 0.5) is 18.9 Å². The zero-order valence-electron chi connectivity index (χ0n) is 18.6. The van der Waals surface area contributed by atoms with E-state index in [2.05, 4.69) is 5.18 Å². The lowest BCUT2D eigenvalue weighted by Gasteiger charge is -2.44. The standard InChI is InChI=1S/C26H24F3NO4/c1-2-13-7-9-17(34-20-10-8-16(26(27,28)29)11-19(20)30-33)12-18(13)23-24(31)21-14-3-4-15(6-5-14)22(21)25(23)32/h7-12,14-15,21-22,31H,2-6H2,1H3/t14-,15+,21?,22?. The maximum Gasteiger partial charge on any atom is 0.416 e. The monoisotopic (exact) mass is 471 g/mol. The first-order chi connectivity index (χ1) is 16.2. The topological polar surface area (TPSA) is 76.0 Å². The van der Waals surface area contributed by atoms with Gasteiger partial charge in [0, 0.05) is 11.8 Å². The van der Waals surface area contributed by atoms with Crippen LogP contribution in [0.2, 0.25) is 0 Å². The Balaban J connectivity index is 1.52. The first-order valence-corrected chi connectivity index (χ1v) is 11.6. The fourth-order valence-electron chi connectivity index (χ4n) is 6.09. The number of rotatable bonds is 5. The number of nitroso groups, excluding NO2 is 1. The van der Waals surface area contributed by atoms with Crippen molar-refractivity contribution in [2.24, 2.45) is 28.8 Å². The quantitative estimate of drug-likeness (QED) is 0.462. The molecule has 8 heteroatoms. The van der Waals surface area contributed by atoms with Gasteiger partial charge in [0.2, 0.25) is 0 Å². The molecule has 3 fully saturated rings. The van der Waals surface area contributed by atoms with Crippen LogP contribution < -0.4 is 4.74 Å². The van der Waals surface area contributed by atoms with Crippen LogP contribution in [0, 0.1) is 28.6 Å². The summed E-state index contributed by atoms with van der Waals surface area (Å²) in [7, 11) is 0. The van der Waals surface area contributed by atoms with Crippen molar-refractivity contribution in [1.29, 1.82) is 0 Å². The SMILES string of the molecule is CCc1ccc(Oc2ccc(C(F)(F)F)cc2N=O)cc1C1=C(O)C2C(C1=O)[C@H]1CC[C@@H]2CC1. The van der Waals surface area contributed by atoms with Crippen LogP contribution in [0.5, 0.6) is 11.5 Å². The fourth-order valence-corrected chi connectivity index (χ4v) is 6.09. The molecule has 0 saturated heterocycles. The number of carbonyl (C=O) groups excluding carboxylic acids is 1. The first-order valence-electron chi connectivity index (χ1n) is 11.6. The molecule has 4 aliphatic rings. The molecule has 0 heterocycles. The number of aliphatic hydroxyl groups excluding tert-OH is 1. The van der Waals surface area contributed by atoms with Crippen molar-refractivity contribution < 1.29 is 27.8 Å². The summed E-state index contributed by atoms with van der Waals surface area (Å²) in [5.74, 6) is 0.523. The minimum atomic E-state index is -4.61. The number of hydrogen-bond acceptors (Lipinski definition) is 5. The van der Waals surface area contributed by atoms with E-state index in [4.69, 9.17) is 4.74 Å². The second kappa shape index (κ2) is 8.25. The lowest BCUT2D eigenvalue weighted by molar-refractivity contribution is -0.137. The van der Waals surface area contributed by atoms with Crippen molar-refractivity contribution >= 4 is 17.0 Å². The molecule has 0 spiro atoms. The van der Waals surface area contributed by atoms with E-state index in [0.717, 1.165) is 43.4 Å². The first kappa shape index (κ1) is 22.6. The molecule has 0 aliphatic heterocycles. The average molecular weight is 471 g/mol. The molecule has 178 valence electrons. The zero-order chi connectivity index (χ0) is 24.2. The number of ether oxygens (including phenoxy) is 1. The van der Waals surface area contributed by atoms with E-state index in [1.807, 2.05) is 6.92 Å². The Bertz CT molecular complexity index is 1200. The van der Waals surface area contributed by atoms with Gasteiger partial charge in [0.15, 0.2) is 17.2 Å². The Morgan fingerprint density at radius 1 is 1.03 bits per heavy atom. The highest BCUT2D eigenvalue weighted by Gasteiger charge is 2.54. The predicted octanol–water partition coefficient (Wildman–Crippen LogP) is 7.36. The number of benzene rings is 2. The van der Waals surface area contributed by atoms with Crippen LogP contribution in [0.25, 0.3) is 5.57 Å². The van der Waals surface area contributed by atoms with Crippen molar-refractivity contribution in [3.8, 4) is 11.5 Å². The largest absolute Gasteiger partial charge is 0.511 e. The predicted molar refractivity (Wildman–Crippen MR) is 120 cm³/mol. The number of ketones is 1. The molecule has 2 unspecified atom stereocenters. The van der Waals surface area contributed by atoms with E-state index in [-0.39, 0.29) is 34.9 Å². The summed E-state index contributed by atoms with van der Waals surface area (Å²) in [5.41, 5.74) is 0.286. The summed E-state index contributed by atoms with van der Waals surface area (Å²) in [4.78, 5) is 24.7. The lowest BCUT2D eigenvalue weighted by atomic mass is 9.59. The fraction of sp³-hybridized carbons (Fsp3) is 0.423. The molecular formula is C26H24F3NO4. The van der Waals surface area contributed by atoms with Gasteiger partial charge in [-0.1, -0.05) is 13.0 Å². The van der Waals surface area contributed by atoms with Gasteiger partial charge in [0.25, 0.3) is 0 Å². The van der Waals surface area contributed by atoms with Crippen LogP contribution in [0.15, 0.2) is 47.3 Å². The number of halogens is 3. The Hall–Kier alpha value is -3.16. The molecule has 0 amide bonds. The molecule has 2 aromatic carbocycles. The number of alkyl halides is 3. The van der Waals surface area contributed by atoms with Gasteiger partial charge in [0.1, 0.15) is 11.5 Å². The van der Waals surface area contributed by atoms with E-state index < -0.39 is 17.4 Å². The molecule has 2 aromatic rings. The van der Waals surface area contributed by atoms with Crippen LogP contribution >= 0.6 is 0 Å². The molecular weight excluding hydrogens is 447 g/mol. The van der Waals surface area contributed by atoms with Crippen molar-refractivity contribution in [2.45, 2.75) is 45.2 Å². The zero-order valence-corrected chi connectivity index (χ0v) is 18.6. The van der Waals surface area contributed by atoms with Crippen LogP contribution in [-0.2, 0) is 17.4 Å². The van der Waals surface area contributed by atoms with Gasteiger partial charge >= 0.3 is 6.18 Å². The van der Waals surface area contributed by atoms with E-state index in [1.54, 1.807) is 18.2 Å². The minimum Gasteiger partial charge on any atom is -0.511 e. The van der Waals surface area contributed by atoms with Crippen LogP contribution in [0.3, 0.4) is 0 Å². The molecule has 5 nitrogen and oxygen atoms in total. The minimum absolute atomic E-state index is 0.0338. The van der Waals surface area contributed by atoms with E-state index >= 15 is 0 Å². The van der Waals surface area contributed by atoms with Crippen molar-refractivity contribution in [1.82, 2.24) is 0 Å². The molecule has 6 rings (SSSR count). The van der Waals surface area contributed by atoms with Gasteiger partial charge in [-0.25, -0.2) is 0 Å². The third-order valence-electron chi connectivity index (χ3n) is 7.68. The maximum absolute atomic E-state index is 13.5. The molecule has 3 saturated carbocycles. The summed E-state index contributed by atoms with van der Waals surface area (Å²) in [6, 6.07) is 7.53. The summed E-state index contributed by atoms with van der Waals surface area (Å²) in [6.07, 6.45) is 0.0696. The number of fused-ring (bicyclic) bond motifs is 2. The number of nitrogens with zero attached hydrogens (tertiary/aromatic N) is 1. The summed E-state index contributed by atoms with van der Waals surface area (Å²) < 4.78 is 44.7. The number of carbonyl (C=O) groups is 1. The number of allylic oxidation sites excluding steroid dienone is 2. The highest BCUT2D eigenvalue weighted by molar-refractivity contribution is 6.25. The van der Waals surface area contributed by atoms with Crippen LogP contribution in [0.1, 0.15) is 49.3 Å². The Morgan fingerprint density at radius 3 is 2.29 bits per heavy atom.